The highest BCUT2D eigenvalue weighted by molar-refractivity contribution is 5.96. The Labute approximate surface area is 170 Å². The molecule has 1 aromatic carbocycles. The molecule has 1 fully saturated rings. The molecule has 0 aliphatic heterocycles. The van der Waals surface area contributed by atoms with Crippen molar-refractivity contribution in [2.24, 2.45) is 5.92 Å². The van der Waals surface area contributed by atoms with E-state index in [1.807, 2.05) is 13.0 Å². The van der Waals surface area contributed by atoms with E-state index in [-0.39, 0.29) is 29.7 Å². The van der Waals surface area contributed by atoms with Crippen molar-refractivity contribution in [1.29, 1.82) is 0 Å². The number of aromatic nitrogens is 1. The van der Waals surface area contributed by atoms with Gasteiger partial charge in [0.25, 0.3) is 5.91 Å². The highest BCUT2D eigenvalue weighted by Gasteiger charge is 2.34. The minimum atomic E-state index is -0.288. The van der Waals surface area contributed by atoms with Crippen molar-refractivity contribution in [3.05, 3.63) is 53.9 Å². The Hall–Kier alpha value is -3.22. The van der Waals surface area contributed by atoms with E-state index >= 15 is 0 Å². The number of carbonyl (C=O) groups excluding carboxylic acids is 3. The van der Waals surface area contributed by atoms with Crippen LogP contribution in [0.2, 0.25) is 0 Å². The second-order valence-electron chi connectivity index (χ2n) is 7.45. The summed E-state index contributed by atoms with van der Waals surface area (Å²) in [5.74, 6) is -0.720. The van der Waals surface area contributed by atoms with Crippen LogP contribution in [-0.4, -0.2) is 35.8 Å². The first-order valence-electron chi connectivity index (χ1n) is 9.74. The summed E-state index contributed by atoms with van der Waals surface area (Å²) in [7, 11) is 1.70. The van der Waals surface area contributed by atoms with Crippen LogP contribution in [0.15, 0.2) is 42.6 Å². The van der Waals surface area contributed by atoms with Gasteiger partial charge in [-0.05, 0) is 55.7 Å². The molecule has 2 unspecified atom stereocenters. The third kappa shape index (κ3) is 4.99. The molecule has 0 bridgehead atoms. The van der Waals surface area contributed by atoms with Gasteiger partial charge in [0.2, 0.25) is 11.8 Å². The first-order valence-corrected chi connectivity index (χ1v) is 9.74. The zero-order valence-corrected chi connectivity index (χ0v) is 16.9. The molecule has 2 atom stereocenters. The molecule has 0 saturated heterocycles. The summed E-state index contributed by atoms with van der Waals surface area (Å²) in [6, 6.07) is 10.4. The van der Waals surface area contributed by atoms with Gasteiger partial charge in [-0.15, -0.1) is 0 Å². The number of hydrogen-bond donors (Lipinski definition) is 2. The number of amides is 3. The van der Waals surface area contributed by atoms with Gasteiger partial charge in [0.15, 0.2) is 0 Å². The van der Waals surface area contributed by atoms with Gasteiger partial charge in [-0.1, -0.05) is 12.5 Å². The van der Waals surface area contributed by atoms with E-state index in [1.54, 1.807) is 43.6 Å². The Morgan fingerprint density at radius 3 is 2.41 bits per heavy atom. The number of benzene rings is 1. The lowest BCUT2D eigenvalue weighted by molar-refractivity contribution is -0.120. The van der Waals surface area contributed by atoms with Crippen molar-refractivity contribution in [1.82, 2.24) is 10.3 Å². The van der Waals surface area contributed by atoms with Crippen LogP contribution in [-0.2, 0) is 9.59 Å². The zero-order valence-electron chi connectivity index (χ0n) is 16.9. The SMILES string of the molecule is CC(=O)N(C)c1ccc(NC(=O)C2CCCC2NC(=O)c2ccc(C)cn2)cc1. The smallest absolute Gasteiger partial charge is 0.270 e. The first kappa shape index (κ1) is 20.5. The summed E-state index contributed by atoms with van der Waals surface area (Å²) < 4.78 is 0. The average molecular weight is 394 g/mol. The molecule has 3 rings (SSSR count). The van der Waals surface area contributed by atoms with Gasteiger partial charge in [-0.2, -0.15) is 0 Å². The standard InChI is InChI=1S/C22H26N4O3/c1-14-7-12-20(23-13-14)22(29)25-19-6-4-5-18(19)21(28)24-16-8-10-17(11-9-16)26(3)15(2)27/h7-13,18-19H,4-6H2,1-3H3,(H,24,28)(H,25,29). The van der Waals surface area contributed by atoms with Crippen molar-refractivity contribution < 1.29 is 14.4 Å². The lowest BCUT2D eigenvalue weighted by Gasteiger charge is -2.21. The molecule has 1 aliphatic carbocycles. The van der Waals surface area contributed by atoms with Crippen molar-refractivity contribution in [2.75, 3.05) is 17.3 Å². The molecule has 7 heteroatoms. The molecule has 1 aromatic heterocycles. The maximum atomic E-state index is 12.8. The Morgan fingerprint density at radius 2 is 1.79 bits per heavy atom. The van der Waals surface area contributed by atoms with E-state index < -0.39 is 0 Å². The lowest BCUT2D eigenvalue weighted by Crippen LogP contribution is -2.42. The normalized spacial score (nSPS) is 18.2. The number of aryl methyl sites for hydroxylation is 1. The molecule has 2 aromatic rings. The Balaban J connectivity index is 1.61. The summed E-state index contributed by atoms with van der Waals surface area (Å²) in [6.45, 7) is 3.41. The van der Waals surface area contributed by atoms with Crippen LogP contribution in [0.4, 0.5) is 11.4 Å². The van der Waals surface area contributed by atoms with Gasteiger partial charge in [0.1, 0.15) is 5.69 Å². The van der Waals surface area contributed by atoms with E-state index in [1.165, 1.54) is 11.8 Å². The number of carbonyl (C=O) groups is 3. The molecule has 2 N–H and O–H groups in total. The van der Waals surface area contributed by atoms with Crippen molar-refractivity contribution in [3.8, 4) is 0 Å². The number of nitrogens with one attached hydrogen (secondary N) is 2. The molecule has 1 aliphatic rings. The fraction of sp³-hybridized carbons (Fsp3) is 0.364. The third-order valence-corrected chi connectivity index (χ3v) is 5.31. The van der Waals surface area contributed by atoms with Crippen molar-refractivity contribution >= 4 is 29.1 Å². The highest BCUT2D eigenvalue weighted by atomic mass is 16.2. The molecular formula is C22H26N4O3. The molecule has 29 heavy (non-hydrogen) atoms. The minimum absolute atomic E-state index is 0.0607. The van der Waals surface area contributed by atoms with E-state index in [2.05, 4.69) is 15.6 Å². The fourth-order valence-corrected chi connectivity index (χ4v) is 3.48. The molecule has 1 heterocycles. The summed E-state index contributed by atoms with van der Waals surface area (Å²) >= 11 is 0. The zero-order chi connectivity index (χ0) is 21.0. The number of hydrogen-bond acceptors (Lipinski definition) is 4. The van der Waals surface area contributed by atoms with Gasteiger partial charge in [-0.3, -0.25) is 19.4 Å². The number of anilines is 2. The van der Waals surface area contributed by atoms with Crippen LogP contribution in [0.5, 0.6) is 0 Å². The summed E-state index contributed by atoms with van der Waals surface area (Å²) in [5, 5.41) is 5.88. The molecule has 152 valence electrons. The number of pyridine rings is 1. The van der Waals surface area contributed by atoms with Crippen molar-refractivity contribution in [3.63, 3.8) is 0 Å². The maximum Gasteiger partial charge on any atom is 0.270 e. The predicted molar refractivity (Wildman–Crippen MR) is 112 cm³/mol. The quantitative estimate of drug-likeness (QED) is 0.816. The second kappa shape index (κ2) is 8.86. The summed E-state index contributed by atoms with van der Waals surface area (Å²) in [4.78, 5) is 42.4. The number of nitrogens with zero attached hydrogens (tertiary/aromatic N) is 2. The Bertz CT molecular complexity index is 893. The summed E-state index contributed by atoms with van der Waals surface area (Å²) in [6.07, 6.45) is 4.02. The molecule has 3 amide bonds. The molecule has 0 spiro atoms. The van der Waals surface area contributed by atoms with E-state index in [0.717, 1.165) is 30.5 Å². The van der Waals surface area contributed by atoms with Crippen LogP contribution >= 0.6 is 0 Å². The molecular weight excluding hydrogens is 368 g/mol. The largest absolute Gasteiger partial charge is 0.347 e. The fourth-order valence-electron chi connectivity index (χ4n) is 3.48. The van der Waals surface area contributed by atoms with E-state index in [9.17, 15) is 14.4 Å². The van der Waals surface area contributed by atoms with Gasteiger partial charge < -0.3 is 15.5 Å². The lowest BCUT2D eigenvalue weighted by atomic mass is 10.0. The second-order valence-corrected chi connectivity index (χ2v) is 7.45. The van der Waals surface area contributed by atoms with Gasteiger partial charge in [-0.25, -0.2) is 0 Å². The molecule has 1 saturated carbocycles. The van der Waals surface area contributed by atoms with Crippen LogP contribution in [0.25, 0.3) is 0 Å². The van der Waals surface area contributed by atoms with Gasteiger partial charge in [0, 0.05) is 37.6 Å². The van der Waals surface area contributed by atoms with Crippen LogP contribution in [0.3, 0.4) is 0 Å². The van der Waals surface area contributed by atoms with E-state index in [0.29, 0.717) is 11.4 Å². The topological polar surface area (TPSA) is 91.4 Å². The average Bonchev–Trinajstić information content (AvgIpc) is 3.16. The molecule has 0 radical (unpaired) electrons. The predicted octanol–water partition coefficient (Wildman–Crippen LogP) is 2.91. The van der Waals surface area contributed by atoms with E-state index in [4.69, 9.17) is 0 Å². The van der Waals surface area contributed by atoms with Gasteiger partial charge in [0.05, 0.1) is 5.92 Å². The monoisotopic (exact) mass is 394 g/mol. The Morgan fingerprint density at radius 1 is 1.07 bits per heavy atom. The van der Waals surface area contributed by atoms with Crippen LogP contribution in [0.1, 0.15) is 42.2 Å². The van der Waals surface area contributed by atoms with Crippen LogP contribution in [0, 0.1) is 12.8 Å². The highest BCUT2D eigenvalue weighted by Crippen LogP contribution is 2.28. The van der Waals surface area contributed by atoms with Crippen molar-refractivity contribution in [2.45, 2.75) is 39.2 Å². The molecule has 7 nitrogen and oxygen atoms in total. The minimum Gasteiger partial charge on any atom is -0.347 e. The summed E-state index contributed by atoms with van der Waals surface area (Å²) in [5.41, 5.74) is 2.76. The van der Waals surface area contributed by atoms with Gasteiger partial charge >= 0.3 is 0 Å². The first-order chi connectivity index (χ1) is 13.8. The van der Waals surface area contributed by atoms with Crippen LogP contribution < -0.4 is 15.5 Å². The maximum absolute atomic E-state index is 12.8. The number of rotatable bonds is 5. The Kier molecular flexibility index (Phi) is 6.26. The third-order valence-electron chi connectivity index (χ3n) is 5.31.